The molecule has 0 bridgehead atoms. The molecule has 1 atom stereocenters. The van der Waals surface area contributed by atoms with E-state index in [0.717, 1.165) is 48.3 Å². The highest BCUT2D eigenvalue weighted by Gasteiger charge is 2.30. The van der Waals surface area contributed by atoms with Gasteiger partial charge in [0, 0.05) is 61.9 Å². The number of nitrogens with zero attached hydrogens (tertiary/aromatic N) is 3. The Labute approximate surface area is 200 Å². The Balaban J connectivity index is 1.40. The summed E-state index contributed by atoms with van der Waals surface area (Å²) in [5, 5.41) is 3.58. The second-order valence-electron chi connectivity index (χ2n) is 8.92. The molecule has 1 aromatic carbocycles. The number of aromatic nitrogens is 1. The van der Waals surface area contributed by atoms with Crippen molar-refractivity contribution in [3.05, 3.63) is 57.4 Å². The highest BCUT2D eigenvalue weighted by molar-refractivity contribution is 6.31. The highest BCUT2D eigenvalue weighted by Crippen LogP contribution is 2.27. The summed E-state index contributed by atoms with van der Waals surface area (Å²) < 4.78 is 5.55. The fraction of sp³-hybridized carbons (Fsp3) is 0.480. The summed E-state index contributed by atoms with van der Waals surface area (Å²) in [6.07, 6.45) is 3.12. The van der Waals surface area contributed by atoms with E-state index in [2.05, 4.69) is 15.2 Å². The van der Waals surface area contributed by atoms with Crippen LogP contribution in [0.4, 0.5) is 5.69 Å². The Hall–Kier alpha value is -2.48. The lowest BCUT2D eigenvalue weighted by atomic mass is 10.0. The van der Waals surface area contributed by atoms with Crippen molar-refractivity contribution in [3.63, 3.8) is 0 Å². The van der Waals surface area contributed by atoms with Crippen LogP contribution < -0.4 is 5.32 Å². The van der Waals surface area contributed by atoms with E-state index in [1.165, 1.54) is 0 Å². The summed E-state index contributed by atoms with van der Waals surface area (Å²) in [7, 11) is 0. The van der Waals surface area contributed by atoms with Crippen LogP contribution in [0.25, 0.3) is 0 Å². The zero-order valence-corrected chi connectivity index (χ0v) is 20.2. The first-order valence-electron chi connectivity index (χ1n) is 11.5. The van der Waals surface area contributed by atoms with Crippen molar-refractivity contribution < 1.29 is 14.3 Å². The van der Waals surface area contributed by atoms with Crippen LogP contribution >= 0.6 is 11.6 Å². The average Bonchev–Trinajstić information content (AvgIpc) is 3.34. The fourth-order valence-corrected chi connectivity index (χ4v) is 4.58. The molecule has 33 heavy (non-hydrogen) atoms. The Kier molecular flexibility index (Phi) is 7.32. The third-order valence-corrected chi connectivity index (χ3v) is 6.83. The number of carbonyl (C=O) groups is 2. The van der Waals surface area contributed by atoms with Gasteiger partial charge in [-0.25, -0.2) is 0 Å². The number of ether oxygens (including phenoxy) is 1. The molecule has 2 fully saturated rings. The molecular formula is C25H31ClN4O3. The molecule has 2 saturated heterocycles. The van der Waals surface area contributed by atoms with Crippen molar-refractivity contribution in [1.82, 2.24) is 14.8 Å². The van der Waals surface area contributed by atoms with Crippen LogP contribution in [0, 0.1) is 20.8 Å². The van der Waals surface area contributed by atoms with Gasteiger partial charge in [0.05, 0.1) is 5.56 Å². The molecule has 1 N–H and O–H groups in total. The van der Waals surface area contributed by atoms with E-state index in [9.17, 15) is 9.59 Å². The van der Waals surface area contributed by atoms with Crippen molar-refractivity contribution >= 4 is 29.1 Å². The number of pyridine rings is 1. The van der Waals surface area contributed by atoms with Gasteiger partial charge in [-0.15, -0.1) is 0 Å². The Morgan fingerprint density at radius 1 is 1.15 bits per heavy atom. The number of piperazine rings is 1. The Bertz CT molecular complexity index is 1040. The minimum absolute atomic E-state index is 0.122. The minimum Gasteiger partial charge on any atom is -0.368 e. The molecule has 0 saturated carbocycles. The second kappa shape index (κ2) is 10.2. The number of amides is 2. The largest absolute Gasteiger partial charge is 0.368 e. The van der Waals surface area contributed by atoms with Crippen molar-refractivity contribution in [2.24, 2.45) is 0 Å². The van der Waals surface area contributed by atoms with Gasteiger partial charge in [-0.3, -0.25) is 19.5 Å². The van der Waals surface area contributed by atoms with E-state index < -0.39 is 0 Å². The molecule has 4 rings (SSSR count). The number of hydrogen-bond acceptors (Lipinski definition) is 5. The van der Waals surface area contributed by atoms with E-state index >= 15 is 0 Å². The summed E-state index contributed by atoms with van der Waals surface area (Å²) in [5.41, 5.74) is 5.16. The summed E-state index contributed by atoms with van der Waals surface area (Å²) in [4.78, 5) is 33.9. The maximum Gasteiger partial charge on any atom is 0.257 e. The van der Waals surface area contributed by atoms with Gasteiger partial charge < -0.3 is 15.0 Å². The number of rotatable bonds is 5. The lowest BCUT2D eigenvalue weighted by Gasteiger charge is -2.36. The predicted molar refractivity (Wildman–Crippen MR) is 129 cm³/mol. The first kappa shape index (κ1) is 23.7. The molecule has 0 unspecified atom stereocenters. The molecule has 0 spiro atoms. The van der Waals surface area contributed by atoms with Crippen molar-refractivity contribution in [3.8, 4) is 0 Å². The van der Waals surface area contributed by atoms with Crippen LogP contribution in [0.15, 0.2) is 24.4 Å². The molecule has 7 nitrogen and oxygen atoms in total. The van der Waals surface area contributed by atoms with Gasteiger partial charge in [0.1, 0.15) is 6.10 Å². The van der Waals surface area contributed by atoms with Crippen molar-refractivity contribution in [2.45, 2.75) is 46.3 Å². The van der Waals surface area contributed by atoms with E-state index in [1.807, 2.05) is 37.8 Å². The fourth-order valence-electron chi connectivity index (χ4n) is 4.33. The quantitative estimate of drug-likeness (QED) is 0.720. The molecular weight excluding hydrogens is 440 g/mol. The predicted octanol–water partition coefficient (Wildman–Crippen LogP) is 3.74. The van der Waals surface area contributed by atoms with E-state index in [0.29, 0.717) is 42.5 Å². The molecule has 0 aliphatic carbocycles. The molecule has 2 amide bonds. The lowest BCUT2D eigenvalue weighted by molar-refractivity contribution is -0.142. The summed E-state index contributed by atoms with van der Waals surface area (Å²) in [5.74, 6) is -0.0832. The van der Waals surface area contributed by atoms with E-state index in [-0.39, 0.29) is 17.9 Å². The molecule has 2 aliphatic heterocycles. The number of hydrogen-bond donors (Lipinski definition) is 1. The molecule has 2 aliphatic rings. The van der Waals surface area contributed by atoms with Crippen LogP contribution in [-0.2, 0) is 16.1 Å². The maximum absolute atomic E-state index is 12.8. The molecule has 3 heterocycles. The van der Waals surface area contributed by atoms with E-state index in [1.54, 1.807) is 12.3 Å². The number of halogens is 1. The molecule has 1 aromatic heterocycles. The van der Waals surface area contributed by atoms with Crippen LogP contribution in [0.1, 0.15) is 45.6 Å². The lowest BCUT2D eigenvalue weighted by Crippen LogP contribution is -2.51. The summed E-state index contributed by atoms with van der Waals surface area (Å²) >= 11 is 6.40. The third-order valence-electron chi connectivity index (χ3n) is 6.61. The van der Waals surface area contributed by atoms with Gasteiger partial charge in [-0.2, -0.15) is 0 Å². The number of anilines is 1. The summed E-state index contributed by atoms with van der Waals surface area (Å²) in [6.45, 7) is 10.2. The topological polar surface area (TPSA) is 74.8 Å². The number of benzene rings is 1. The van der Waals surface area contributed by atoms with Gasteiger partial charge in [0.25, 0.3) is 11.8 Å². The minimum atomic E-state index is -0.259. The number of aryl methyl sites for hydroxylation is 2. The van der Waals surface area contributed by atoms with Gasteiger partial charge in [0.15, 0.2) is 0 Å². The second-order valence-corrected chi connectivity index (χ2v) is 9.36. The van der Waals surface area contributed by atoms with Gasteiger partial charge in [-0.1, -0.05) is 11.6 Å². The molecule has 0 radical (unpaired) electrons. The summed E-state index contributed by atoms with van der Waals surface area (Å²) in [6, 6.07) is 5.58. The molecule has 2 aromatic rings. The highest BCUT2D eigenvalue weighted by atomic mass is 35.5. The van der Waals surface area contributed by atoms with Crippen molar-refractivity contribution in [2.75, 3.05) is 38.1 Å². The van der Waals surface area contributed by atoms with Gasteiger partial charge in [0.2, 0.25) is 0 Å². The van der Waals surface area contributed by atoms with Crippen molar-refractivity contribution in [1.29, 1.82) is 0 Å². The maximum atomic E-state index is 12.8. The van der Waals surface area contributed by atoms with E-state index in [4.69, 9.17) is 16.3 Å². The standard InChI is InChI=1S/C25H31ClN4O3/c1-16-11-19(14-27-18(16)3)24(31)28-22-13-21(26)12-20(17(22)2)15-29-6-8-30(9-7-29)25(32)23-5-4-10-33-23/h11-14,23H,4-10,15H2,1-3H3,(H,28,31)/t23-/m1/s1. The normalized spacial score (nSPS) is 19.0. The first-order valence-corrected chi connectivity index (χ1v) is 11.9. The van der Waals surface area contributed by atoms with Crippen LogP contribution in [-0.4, -0.2) is 65.5 Å². The number of carbonyl (C=O) groups excluding carboxylic acids is 2. The Morgan fingerprint density at radius 2 is 1.91 bits per heavy atom. The van der Waals surface area contributed by atoms with Gasteiger partial charge >= 0.3 is 0 Å². The van der Waals surface area contributed by atoms with Gasteiger partial charge in [-0.05, 0) is 68.5 Å². The van der Waals surface area contributed by atoms with Crippen LogP contribution in [0.5, 0.6) is 0 Å². The third kappa shape index (κ3) is 5.54. The van der Waals surface area contributed by atoms with Crippen LogP contribution in [0.3, 0.4) is 0 Å². The number of nitrogens with one attached hydrogen (secondary N) is 1. The zero-order chi connectivity index (χ0) is 23.5. The zero-order valence-electron chi connectivity index (χ0n) is 19.5. The Morgan fingerprint density at radius 3 is 2.58 bits per heavy atom. The monoisotopic (exact) mass is 470 g/mol. The molecule has 176 valence electrons. The first-order chi connectivity index (χ1) is 15.8. The molecule has 8 heteroatoms. The smallest absolute Gasteiger partial charge is 0.257 e. The SMILES string of the molecule is Cc1cc(C(=O)Nc2cc(Cl)cc(CN3CCN(C(=O)[C@H]4CCCO4)CC3)c2C)cnc1C. The average molecular weight is 471 g/mol. The van der Waals surface area contributed by atoms with Crippen LogP contribution in [0.2, 0.25) is 5.02 Å².